The normalized spacial score (nSPS) is 33.4. The van der Waals surface area contributed by atoms with Crippen molar-refractivity contribution in [3.8, 4) is 38.5 Å². The van der Waals surface area contributed by atoms with Crippen LogP contribution in [0.5, 0.6) is 0 Å². The van der Waals surface area contributed by atoms with Gasteiger partial charge in [-0.15, -0.1) is 45.1 Å². The van der Waals surface area contributed by atoms with Gasteiger partial charge in [-0.3, -0.25) is 4.79 Å². The molecule has 0 saturated heterocycles. The standard InChI is InChI=1S/C34H48O2.C6H14N2O.C3H6.3C2H2/c1-30(2)24(22-9-11-23(12-10-22)29(35)36)15-18-32(4)27(30)16-19-34(6)28(32)14-13-26-25-8-7-17-31(25,3)20-21-33(26,34)5;1-7(2)4-5-8(3)6-9;1-3-2;3*1-2/h9-12,15,25-28H,7-8,13-14,16-21H2,1-6H3,(H,35,36);6H,4-5H2,1-3H3;3H,1H2,2H3;3*1-2H/t25?,26-,27?,28?,31-,32+,33-,34-;;;;;/m1...../s1. The maximum Gasteiger partial charge on any atom is 0.335 e. The predicted molar refractivity (Wildman–Crippen MR) is 231 cm³/mol. The Balaban J connectivity index is 0.000000689. The van der Waals surface area contributed by atoms with E-state index in [0.29, 0.717) is 33.1 Å². The number of allylic oxidation sites excluding steroid dienone is 3. The molecule has 4 fully saturated rings. The van der Waals surface area contributed by atoms with Gasteiger partial charge in [-0.2, -0.15) is 0 Å². The first-order chi connectivity index (χ1) is 25.4. The summed E-state index contributed by atoms with van der Waals surface area (Å²) in [4.78, 5) is 25.1. The molecule has 8 atom stereocenters. The lowest BCUT2D eigenvalue weighted by Gasteiger charge is -2.72. The second-order valence-corrected chi connectivity index (χ2v) is 18.0. The number of carbonyl (C=O) groups is 2. The van der Waals surface area contributed by atoms with E-state index in [9.17, 15) is 14.7 Å². The third-order valence-corrected chi connectivity index (χ3v) is 14.9. The molecule has 1 aromatic rings. The molecule has 5 nitrogen and oxygen atoms in total. The molecule has 5 aliphatic rings. The molecule has 1 N–H and O–H groups in total. The second kappa shape index (κ2) is 20.3. The smallest absolute Gasteiger partial charge is 0.335 e. The summed E-state index contributed by atoms with van der Waals surface area (Å²) in [6.07, 6.45) is 43.2. The van der Waals surface area contributed by atoms with E-state index in [1.165, 1.54) is 75.3 Å². The number of rotatable bonds is 6. The zero-order valence-electron chi connectivity index (χ0n) is 35.7. The Bertz CT molecular complexity index is 1450. The van der Waals surface area contributed by atoms with Crippen LogP contribution in [0.3, 0.4) is 0 Å². The predicted octanol–water partition coefficient (Wildman–Crippen LogP) is 10.8. The molecule has 298 valence electrons. The van der Waals surface area contributed by atoms with Crippen LogP contribution in [0.4, 0.5) is 0 Å². The molecule has 0 spiro atoms. The van der Waals surface area contributed by atoms with Crippen LogP contribution in [-0.4, -0.2) is 61.5 Å². The Kier molecular flexibility index (Phi) is 18.1. The van der Waals surface area contributed by atoms with E-state index in [2.05, 4.69) is 92.7 Å². The first kappa shape index (κ1) is 48.3. The summed E-state index contributed by atoms with van der Waals surface area (Å²) in [6, 6.07) is 7.64. The average molecular weight is 739 g/mol. The van der Waals surface area contributed by atoms with Crippen LogP contribution < -0.4 is 0 Å². The Labute approximate surface area is 331 Å². The summed E-state index contributed by atoms with van der Waals surface area (Å²) in [5, 5.41) is 9.36. The van der Waals surface area contributed by atoms with Crippen LogP contribution >= 0.6 is 0 Å². The number of carboxylic acids is 1. The van der Waals surface area contributed by atoms with Gasteiger partial charge < -0.3 is 14.9 Å². The lowest BCUT2D eigenvalue weighted by Crippen LogP contribution is -2.64. The van der Waals surface area contributed by atoms with Gasteiger partial charge in [0, 0.05) is 20.1 Å². The molecule has 5 heteroatoms. The Morgan fingerprint density at radius 1 is 0.796 bits per heavy atom. The van der Waals surface area contributed by atoms with Gasteiger partial charge in [-0.1, -0.05) is 72.2 Å². The van der Waals surface area contributed by atoms with Crippen LogP contribution in [0.25, 0.3) is 5.57 Å². The molecule has 54 heavy (non-hydrogen) atoms. The largest absolute Gasteiger partial charge is 0.478 e. The fourth-order valence-electron chi connectivity index (χ4n) is 12.2. The van der Waals surface area contributed by atoms with Crippen molar-refractivity contribution in [3.05, 3.63) is 54.1 Å². The highest BCUT2D eigenvalue weighted by Gasteiger charge is 2.68. The fourth-order valence-corrected chi connectivity index (χ4v) is 12.2. The number of likely N-dealkylation sites (N-methyl/N-ethyl adjacent to an activating group) is 2. The van der Waals surface area contributed by atoms with E-state index in [1.807, 2.05) is 38.1 Å². The number of carboxylic acid groups (broad SMARTS) is 1. The van der Waals surface area contributed by atoms with Gasteiger partial charge in [0.2, 0.25) is 6.41 Å². The Hall–Kier alpha value is -3.72. The minimum Gasteiger partial charge on any atom is -0.478 e. The lowest BCUT2D eigenvalue weighted by atomic mass is 9.33. The van der Waals surface area contributed by atoms with Crippen LogP contribution in [0, 0.1) is 89.3 Å². The molecule has 0 heterocycles. The third-order valence-electron chi connectivity index (χ3n) is 14.9. The molecule has 0 aliphatic heterocycles. The number of amides is 1. The molecule has 1 amide bonds. The quantitative estimate of drug-likeness (QED) is 0.179. The van der Waals surface area contributed by atoms with Gasteiger partial charge in [-0.25, -0.2) is 4.79 Å². The number of hydrogen-bond acceptors (Lipinski definition) is 3. The summed E-state index contributed by atoms with van der Waals surface area (Å²) in [7, 11) is 5.74. The zero-order chi connectivity index (χ0) is 41.7. The van der Waals surface area contributed by atoms with E-state index in [4.69, 9.17) is 0 Å². The molecule has 6 rings (SSSR count). The molecular formula is C49H74N2O3. The zero-order valence-corrected chi connectivity index (χ0v) is 35.7. The van der Waals surface area contributed by atoms with Crippen molar-refractivity contribution in [3.63, 3.8) is 0 Å². The summed E-state index contributed by atoms with van der Waals surface area (Å²) in [6.45, 7) is 22.7. The van der Waals surface area contributed by atoms with Gasteiger partial charge in [0.15, 0.2) is 0 Å². The van der Waals surface area contributed by atoms with Crippen LogP contribution in [0.15, 0.2) is 43.0 Å². The summed E-state index contributed by atoms with van der Waals surface area (Å²) in [5.74, 6) is 2.51. The van der Waals surface area contributed by atoms with Gasteiger partial charge in [0.25, 0.3) is 0 Å². The number of fused-ring (bicyclic) bond motifs is 7. The molecule has 0 bridgehead atoms. The van der Waals surface area contributed by atoms with Crippen molar-refractivity contribution in [2.45, 2.75) is 113 Å². The van der Waals surface area contributed by atoms with Gasteiger partial charge >= 0.3 is 5.97 Å². The topological polar surface area (TPSA) is 60.9 Å². The maximum absolute atomic E-state index is 11.4. The highest BCUT2D eigenvalue weighted by atomic mass is 16.4. The number of benzene rings is 1. The Morgan fingerprint density at radius 2 is 1.37 bits per heavy atom. The van der Waals surface area contributed by atoms with Crippen LogP contribution in [0.2, 0.25) is 0 Å². The van der Waals surface area contributed by atoms with Crippen molar-refractivity contribution < 1.29 is 14.7 Å². The molecule has 1 aromatic carbocycles. The second-order valence-electron chi connectivity index (χ2n) is 18.0. The van der Waals surface area contributed by atoms with Crippen molar-refractivity contribution in [1.82, 2.24) is 9.80 Å². The van der Waals surface area contributed by atoms with Crippen molar-refractivity contribution in [2.75, 3.05) is 34.2 Å². The number of hydrogen-bond donors (Lipinski definition) is 1. The van der Waals surface area contributed by atoms with E-state index < -0.39 is 5.97 Å². The first-order valence-corrected chi connectivity index (χ1v) is 19.9. The number of nitrogens with zero attached hydrogens (tertiary/aromatic N) is 2. The summed E-state index contributed by atoms with van der Waals surface area (Å²) < 4.78 is 0. The first-order valence-electron chi connectivity index (χ1n) is 19.9. The van der Waals surface area contributed by atoms with Crippen molar-refractivity contribution in [1.29, 1.82) is 0 Å². The third kappa shape index (κ3) is 9.38. The van der Waals surface area contributed by atoms with E-state index in [0.717, 1.165) is 37.3 Å². The molecule has 4 saturated carbocycles. The lowest BCUT2D eigenvalue weighted by molar-refractivity contribution is -0.221. The number of terminal acetylenes is 3. The maximum atomic E-state index is 11.4. The minimum absolute atomic E-state index is 0.0907. The van der Waals surface area contributed by atoms with Gasteiger partial charge in [-0.05, 0) is 153 Å². The van der Waals surface area contributed by atoms with Gasteiger partial charge in [0.05, 0.1) is 5.56 Å². The van der Waals surface area contributed by atoms with Crippen molar-refractivity contribution in [2.24, 2.45) is 50.7 Å². The number of aromatic carboxylic acids is 1. The SMILES string of the molecule is C#C.C#C.C#C.C=CC.CC1(C)C(c2ccc(C(=O)O)cc2)=CC[C@@]2(C)C1CC[C@]1(C)C2CC[C@@H]2C3CCC[C@]3(C)CC[C@]21C.CN(C)CCN(C)C=O. The molecule has 0 aromatic heterocycles. The van der Waals surface area contributed by atoms with E-state index in [1.54, 1.807) is 30.2 Å². The molecule has 5 aliphatic carbocycles. The highest BCUT2D eigenvalue weighted by molar-refractivity contribution is 5.88. The van der Waals surface area contributed by atoms with Gasteiger partial charge in [0.1, 0.15) is 0 Å². The Morgan fingerprint density at radius 3 is 1.89 bits per heavy atom. The summed E-state index contributed by atoms with van der Waals surface area (Å²) in [5.41, 5.74) is 5.00. The van der Waals surface area contributed by atoms with E-state index >= 15 is 0 Å². The van der Waals surface area contributed by atoms with Crippen LogP contribution in [-0.2, 0) is 4.79 Å². The molecule has 3 unspecified atom stereocenters. The summed E-state index contributed by atoms with van der Waals surface area (Å²) >= 11 is 0. The van der Waals surface area contributed by atoms with Crippen molar-refractivity contribution >= 4 is 18.0 Å². The molecular weight excluding hydrogens is 665 g/mol. The van der Waals surface area contributed by atoms with Crippen LogP contribution in [0.1, 0.15) is 129 Å². The fraction of sp³-hybridized carbons (Fsp3) is 0.633. The molecule has 0 radical (unpaired) electrons. The highest BCUT2D eigenvalue weighted by Crippen LogP contribution is 2.77. The minimum atomic E-state index is -0.845. The number of carbonyl (C=O) groups excluding carboxylic acids is 1. The monoisotopic (exact) mass is 739 g/mol. The van der Waals surface area contributed by atoms with E-state index in [-0.39, 0.29) is 5.41 Å². The average Bonchev–Trinajstić information content (AvgIpc) is 3.55.